The molecule has 3 aromatic rings. The molecule has 272 valence electrons. The van der Waals surface area contributed by atoms with Crippen molar-refractivity contribution in [2.75, 3.05) is 61.2 Å². The first kappa shape index (κ1) is 36.8. The summed E-state index contributed by atoms with van der Waals surface area (Å²) in [5.41, 5.74) is 9.52. The second-order valence-electron chi connectivity index (χ2n) is 13.9. The van der Waals surface area contributed by atoms with Gasteiger partial charge in [0.2, 0.25) is 0 Å². The number of hydrogen-bond donors (Lipinski definition) is 1. The lowest BCUT2D eigenvalue weighted by Crippen LogP contribution is -2.45. The normalized spacial score (nSPS) is 17.0. The third-order valence-electron chi connectivity index (χ3n) is 10.3. The van der Waals surface area contributed by atoms with Crippen LogP contribution in [0.5, 0.6) is 17.2 Å². The second kappa shape index (κ2) is 17.5. The van der Waals surface area contributed by atoms with Crippen LogP contribution in [-0.2, 0) is 11.3 Å². The minimum Gasteiger partial charge on any atom is -0.497 e. The summed E-state index contributed by atoms with van der Waals surface area (Å²) >= 11 is 0. The first-order valence-electron chi connectivity index (χ1n) is 18.2. The molecule has 6 rings (SSSR count). The lowest BCUT2D eigenvalue weighted by atomic mass is 9.97. The molecule has 3 aliphatic rings. The van der Waals surface area contributed by atoms with E-state index in [1.54, 1.807) is 34.5 Å². The highest BCUT2D eigenvalue weighted by Gasteiger charge is 2.27. The van der Waals surface area contributed by atoms with Crippen molar-refractivity contribution in [3.8, 4) is 40.7 Å². The van der Waals surface area contributed by atoms with Gasteiger partial charge in [-0.25, -0.2) is 0 Å². The van der Waals surface area contributed by atoms with Crippen molar-refractivity contribution in [3.63, 3.8) is 0 Å². The predicted octanol–water partition coefficient (Wildman–Crippen LogP) is 7.52. The van der Waals surface area contributed by atoms with E-state index in [0.717, 1.165) is 85.9 Å². The van der Waals surface area contributed by atoms with E-state index in [9.17, 15) is 0 Å². The number of piperidine rings is 1. The summed E-state index contributed by atoms with van der Waals surface area (Å²) < 4.78 is 22.3. The maximum absolute atomic E-state index is 5.66. The van der Waals surface area contributed by atoms with Gasteiger partial charge in [0.15, 0.2) is 11.5 Å². The molecule has 0 bridgehead atoms. The zero-order chi connectivity index (χ0) is 36.5. The summed E-state index contributed by atoms with van der Waals surface area (Å²) in [6, 6.07) is 13.5. The number of allylic oxidation sites excluding steroid dienone is 4. The third-order valence-corrected chi connectivity index (χ3v) is 10.3. The Labute approximate surface area is 309 Å². The van der Waals surface area contributed by atoms with Crippen LogP contribution in [0.2, 0.25) is 0 Å². The molecule has 0 spiro atoms. The van der Waals surface area contributed by atoms with Crippen LogP contribution in [0.1, 0.15) is 53.9 Å². The summed E-state index contributed by atoms with van der Waals surface area (Å²) in [4.78, 5) is 9.82. The average Bonchev–Trinajstić information content (AvgIpc) is 4.03. The number of ether oxygens (including phenoxy) is 4. The fourth-order valence-corrected chi connectivity index (χ4v) is 7.35. The number of hydrogen-bond acceptors (Lipinski definition) is 8. The number of aryl methyl sites for hydroxylation is 1. The van der Waals surface area contributed by atoms with Gasteiger partial charge in [-0.05, 0) is 127 Å². The van der Waals surface area contributed by atoms with Crippen LogP contribution >= 0.6 is 0 Å². The molecular formula is C44H52N4O4. The first-order valence-corrected chi connectivity index (χ1v) is 18.2. The number of likely N-dealkylation sites (tertiary alicyclic amines) is 1. The molecule has 2 aromatic carbocycles. The Morgan fingerprint density at radius 3 is 2.50 bits per heavy atom. The zero-order valence-electron chi connectivity index (χ0n) is 31.3. The molecule has 52 heavy (non-hydrogen) atoms. The van der Waals surface area contributed by atoms with Gasteiger partial charge in [-0.15, -0.1) is 6.42 Å². The van der Waals surface area contributed by atoms with Crippen LogP contribution in [0.25, 0.3) is 16.7 Å². The van der Waals surface area contributed by atoms with E-state index >= 15 is 0 Å². The molecule has 1 aromatic heterocycles. The molecule has 0 radical (unpaired) electrons. The van der Waals surface area contributed by atoms with Gasteiger partial charge in [0.1, 0.15) is 11.5 Å². The summed E-state index contributed by atoms with van der Waals surface area (Å²) in [7, 11) is 6.74. The maximum atomic E-state index is 5.66. The number of aromatic nitrogens is 1. The average molecular weight is 701 g/mol. The maximum Gasteiger partial charge on any atom is 0.163 e. The number of nitrogens with zero attached hydrogens (tertiary/aromatic N) is 3. The number of rotatable bonds is 15. The second-order valence-corrected chi connectivity index (χ2v) is 13.9. The van der Waals surface area contributed by atoms with Gasteiger partial charge < -0.3 is 24.3 Å². The number of dihydropyridines is 1. The minimum atomic E-state index is 0.419. The molecular weight excluding hydrogens is 649 g/mol. The van der Waals surface area contributed by atoms with Gasteiger partial charge >= 0.3 is 0 Å². The molecule has 0 amide bonds. The van der Waals surface area contributed by atoms with E-state index in [2.05, 4.69) is 74.7 Å². The Hall–Kier alpha value is -4.97. The van der Waals surface area contributed by atoms with Crippen molar-refractivity contribution >= 4 is 5.57 Å². The van der Waals surface area contributed by atoms with E-state index < -0.39 is 0 Å². The molecule has 1 saturated heterocycles. The van der Waals surface area contributed by atoms with Crippen LogP contribution in [-0.4, -0.2) is 82.0 Å². The quantitative estimate of drug-likeness (QED) is 0.0993. The fourth-order valence-electron chi connectivity index (χ4n) is 7.35. The summed E-state index contributed by atoms with van der Waals surface area (Å²) in [5, 5.41) is 3.55. The summed E-state index contributed by atoms with van der Waals surface area (Å²) in [6.45, 7) is 7.48. The molecule has 8 heteroatoms. The zero-order valence-corrected chi connectivity index (χ0v) is 31.3. The number of methoxy groups -OCH3 is 4. The molecule has 1 aliphatic carbocycles. The van der Waals surface area contributed by atoms with Gasteiger partial charge in [0.25, 0.3) is 0 Å². The van der Waals surface area contributed by atoms with E-state index in [4.69, 9.17) is 25.4 Å². The molecule has 1 saturated carbocycles. The number of pyridine rings is 1. The number of benzene rings is 2. The van der Waals surface area contributed by atoms with Gasteiger partial charge in [-0.3, -0.25) is 14.8 Å². The highest BCUT2D eigenvalue weighted by molar-refractivity contribution is 5.77. The van der Waals surface area contributed by atoms with Gasteiger partial charge in [-0.1, -0.05) is 24.1 Å². The first-order chi connectivity index (χ1) is 25.4. The Morgan fingerprint density at radius 2 is 1.79 bits per heavy atom. The third kappa shape index (κ3) is 9.27. The summed E-state index contributed by atoms with van der Waals surface area (Å²) in [5.74, 6) is 6.31. The van der Waals surface area contributed by atoms with Crippen molar-refractivity contribution in [2.24, 2.45) is 0 Å². The van der Waals surface area contributed by atoms with Crippen molar-refractivity contribution < 1.29 is 18.9 Å². The van der Waals surface area contributed by atoms with Crippen molar-refractivity contribution in [1.82, 2.24) is 20.1 Å². The van der Waals surface area contributed by atoms with Gasteiger partial charge in [0.05, 0.1) is 28.4 Å². The molecule has 0 unspecified atom stereocenters. The monoisotopic (exact) mass is 700 g/mol. The topological polar surface area (TPSA) is 68.3 Å². The van der Waals surface area contributed by atoms with E-state index in [1.165, 1.54) is 35.1 Å². The van der Waals surface area contributed by atoms with Crippen LogP contribution in [0.3, 0.4) is 0 Å². The molecule has 2 fully saturated rings. The van der Waals surface area contributed by atoms with E-state index in [0.29, 0.717) is 23.5 Å². The fraction of sp³-hybridized carbons (Fsp3) is 0.386. The van der Waals surface area contributed by atoms with E-state index in [1.807, 2.05) is 31.5 Å². The molecule has 0 atom stereocenters. The Bertz CT molecular complexity index is 1880. The molecule has 8 nitrogen and oxygen atoms in total. The highest BCUT2D eigenvalue weighted by Crippen LogP contribution is 2.42. The van der Waals surface area contributed by atoms with Crippen molar-refractivity contribution in [1.29, 1.82) is 0 Å². The number of terminal acetylenes is 1. The van der Waals surface area contributed by atoms with Crippen molar-refractivity contribution in [3.05, 3.63) is 113 Å². The van der Waals surface area contributed by atoms with Crippen LogP contribution in [0, 0.1) is 19.3 Å². The van der Waals surface area contributed by atoms with Crippen LogP contribution in [0.15, 0.2) is 90.6 Å². The Kier molecular flexibility index (Phi) is 12.4. The standard InChI is InChI=1S/C44H52N4O4/c1-7-9-41(49-3)10-8-15-48(30-33-20-38(27-46-26-33)35-18-31(2)44(52-6)43(24-35)51-5)40-13-16-47(17-14-40)29-32-19-39(28-45-25-32)37-21-36(34-11-12-34)22-42(23-37)50-4/h1,8-10,18-24,26-28,34,40,45H,11-17,25,29-30H2,2-6H3/b10-8-,41-9+. The molecule has 1 N–H and O–H groups in total. The molecule has 2 aliphatic heterocycles. The highest BCUT2D eigenvalue weighted by atomic mass is 16.5. The lowest BCUT2D eigenvalue weighted by molar-refractivity contribution is 0.117. The Balaban J connectivity index is 1.14. The minimum absolute atomic E-state index is 0.419. The van der Waals surface area contributed by atoms with Crippen molar-refractivity contribution in [2.45, 2.75) is 51.1 Å². The summed E-state index contributed by atoms with van der Waals surface area (Å²) in [6.07, 6.45) is 24.4. The number of nitrogens with one attached hydrogen (secondary N) is 1. The van der Waals surface area contributed by atoms with Crippen LogP contribution < -0.4 is 19.5 Å². The van der Waals surface area contributed by atoms with E-state index in [-0.39, 0.29) is 0 Å². The van der Waals surface area contributed by atoms with Gasteiger partial charge in [0, 0.05) is 62.5 Å². The molecule has 3 heterocycles. The predicted molar refractivity (Wildman–Crippen MR) is 209 cm³/mol. The van der Waals surface area contributed by atoms with Gasteiger partial charge in [-0.2, -0.15) is 0 Å². The van der Waals surface area contributed by atoms with Crippen LogP contribution in [0.4, 0.5) is 0 Å². The Morgan fingerprint density at radius 1 is 0.962 bits per heavy atom. The SMILES string of the molecule is C#C/C=C(\C=C/CN(Cc1cncc(-c2cc(C)c(OC)c(OC)c2)c1)C1CCN(CC2=CC(c3cc(OC)cc(C4CC4)c3)=CNC2)CC1)OC. The smallest absolute Gasteiger partial charge is 0.163 e. The lowest BCUT2D eigenvalue weighted by Gasteiger charge is -2.38. The largest absolute Gasteiger partial charge is 0.497 e.